The molecule has 1 aromatic heterocycles. The summed E-state index contributed by atoms with van der Waals surface area (Å²) in [6, 6.07) is 3.39. The minimum absolute atomic E-state index is 0.391. The number of hydrogen-bond acceptors (Lipinski definition) is 1. The third-order valence-corrected chi connectivity index (χ3v) is 1.41. The molecule has 0 spiro atoms. The lowest BCUT2D eigenvalue weighted by Crippen LogP contribution is -1.78. The highest BCUT2D eigenvalue weighted by Gasteiger charge is 1.94. The summed E-state index contributed by atoms with van der Waals surface area (Å²) in [6.07, 6.45) is 1.67. The predicted octanol–water partition coefficient (Wildman–Crippen LogP) is 3.03. The van der Waals surface area contributed by atoms with Crippen LogP contribution in [0.1, 0.15) is 5.56 Å². The summed E-state index contributed by atoms with van der Waals surface area (Å²) < 4.78 is 0. The van der Waals surface area contributed by atoms with Crippen molar-refractivity contribution in [1.82, 2.24) is 4.98 Å². The second kappa shape index (κ2) is 3.04. The topological polar surface area (TPSA) is 12.9 Å². The lowest BCUT2D eigenvalue weighted by molar-refractivity contribution is 1.32. The average Bonchev–Trinajstić information content (AvgIpc) is 1.85. The quantitative estimate of drug-likeness (QED) is 0.596. The minimum Gasteiger partial charge on any atom is -0.224 e. The molecule has 3 heteroatoms. The van der Waals surface area contributed by atoms with Gasteiger partial charge in [-0.2, -0.15) is 0 Å². The van der Waals surface area contributed by atoms with Crippen LogP contribution in [0.2, 0.25) is 10.3 Å². The maximum Gasteiger partial charge on any atom is 0.131 e. The van der Waals surface area contributed by atoms with Crippen molar-refractivity contribution < 1.29 is 0 Å². The van der Waals surface area contributed by atoms with E-state index in [1.54, 1.807) is 18.2 Å². The molecule has 0 bridgehead atoms. The van der Waals surface area contributed by atoms with E-state index >= 15 is 0 Å². The molecule has 0 fully saturated rings. The SMILES string of the molecule is C=Cc1cc(Cl)nc(Cl)c1. The fraction of sp³-hybridized carbons (Fsp3) is 0. The van der Waals surface area contributed by atoms with Crippen molar-refractivity contribution in [3.63, 3.8) is 0 Å². The van der Waals surface area contributed by atoms with Crippen molar-refractivity contribution in [2.75, 3.05) is 0 Å². The molecule has 0 amide bonds. The van der Waals surface area contributed by atoms with Gasteiger partial charge < -0.3 is 0 Å². The summed E-state index contributed by atoms with van der Waals surface area (Å²) in [6.45, 7) is 3.57. The van der Waals surface area contributed by atoms with E-state index in [1.807, 2.05) is 0 Å². The molecule has 1 heterocycles. The van der Waals surface area contributed by atoms with Crippen LogP contribution in [-0.4, -0.2) is 4.98 Å². The Hall–Kier alpha value is -0.530. The first kappa shape index (κ1) is 7.58. The molecular formula is C7H5Cl2N. The molecule has 0 radical (unpaired) electrons. The van der Waals surface area contributed by atoms with Gasteiger partial charge in [-0.05, 0) is 17.7 Å². The Bertz CT molecular complexity index is 238. The number of aromatic nitrogens is 1. The van der Waals surface area contributed by atoms with Crippen LogP contribution in [0.5, 0.6) is 0 Å². The molecular weight excluding hydrogens is 169 g/mol. The molecule has 10 heavy (non-hydrogen) atoms. The van der Waals surface area contributed by atoms with Crippen LogP contribution in [0.25, 0.3) is 6.08 Å². The zero-order valence-corrected chi connectivity index (χ0v) is 6.65. The monoisotopic (exact) mass is 173 g/mol. The highest BCUT2D eigenvalue weighted by molar-refractivity contribution is 6.32. The van der Waals surface area contributed by atoms with E-state index in [1.165, 1.54) is 0 Å². The molecule has 52 valence electrons. The summed E-state index contributed by atoms with van der Waals surface area (Å²) in [5, 5.41) is 0.782. The summed E-state index contributed by atoms with van der Waals surface area (Å²) in [4.78, 5) is 3.77. The minimum atomic E-state index is 0.391. The van der Waals surface area contributed by atoms with Gasteiger partial charge in [0, 0.05) is 0 Å². The van der Waals surface area contributed by atoms with E-state index in [0.717, 1.165) is 5.56 Å². The van der Waals surface area contributed by atoms with Crippen molar-refractivity contribution in [2.24, 2.45) is 0 Å². The average molecular weight is 174 g/mol. The molecule has 1 aromatic rings. The van der Waals surface area contributed by atoms with Gasteiger partial charge in [-0.25, -0.2) is 4.98 Å². The maximum atomic E-state index is 5.59. The summed E-state index contributed by atoms with van der Waals surface area (Å²) >= 11 is 11.2. The second-order valence-electron chi connectivity index (χ2n) is 1.75. The van der Waals surface area contributed by atoms with Gasteiger partial charge in [0.2, 0.25) is 0 Å². The Kier molecular flexibility index (Phi) is 2.30. The van der Waals surface area contributed by atoms with E-state index in [4.69, 9.17) is 23.2 Å². The predicted molar refractivity (Wildman–Crippen MR) is 44.3 cm³/mol. The molecule has 1 rings (SSSR count). The molecule has 0 saturated carbocycles. The fourth-order valence-corrected chi connectivity index (χ4v) is 1.08. The van der Waals surface area contributed by atoms with Gasteiger partial charge in [0.1, 0.15) is 10.3 Å². The number of halogens is 2. The number of rotatable bonds is 1. The highest BCUT2D eigenvalue weighted by atomic mass is 35.5. The van der Waals surface area contributed by atoms with Crippen molar-refractivity contribution in [3.8, 4) is 0 Å². The van der Waals surface area contributed by atoms with Crippen molar-refractivity contribution >= 4 is 29.3 Å². The van der Waals surface area contributed by atoms with Crippen LogP contribution in [0.3, 0.4) is 0 Å². The van der Waals surface area contributed by atoms with E-state index in [9.17, 15) is 0 Å². The Morgan fingerprint density at radius 1 is 1.30 bits per heavy atom. The first-order valence-electron chi connectivity index (χ1n) is 2.68. The van der Waals surface area contributed by atoms with Gasteiger partial charge in [0.05, 0.1) is 0 Å². The first-order valence-corrected chi connectivity index (χ1v) is 3.43. The number of pyridine rings is 1. The molecule has 0 saturated heterocycles. The van der Waals surface area contributed by atoms with E-state index in [0.29, 0.717) is 10.3 Å². The Morgan fingerprint density at radius 3 is 2.20 bits per heavy atom. The molecule has 0 aliphatic rings. The molecule has 0 N–H and O–H groups in total. The number of hydrogen-bond donors (Lipinski definition) is 0. The van der Waals surface area contributed by atoms with E-state index in [-0.39, 0.29) is 0 Å². The van der Waals surface area contributed by atoms with Gasteiger partial charge in [-0.1, -0.05) is 35.9 Å². The van der Waals surface area contributed by atoms with Gasteiger partial charge in [0.15, 0.2) is 0 Å². The van der Waals surface area contributed by atoms with Crippen LogP contribution < -0.4 is 0 Å². The molecule has 0 aliphatic heterocycles. The fourth-order valence-electron chi connectivity index (χ4n) is 0.601. The Balaban J connectivity index is 3.18. The molecule has 0 unspecified atom stereocenters. The maximum absolute atomic E-state index is 5.59. The lowest BCUT2D eigenvalue weighted by atomic mass is 10.3. The van der Waals surface area contributed by atoms with E-state index in [2.05, 4.69) is 11.6 Å². The van der Waals surface area contributed by atoms with Gasteiger partial charge in [-0.3, -0.25) is 0 Å². The normalized spacial score (nSPS) is 9.40. The molecule has 0 aliphatic carbocycles. The second-order valence-corrected chi connectivity index (χ2v) is 2.52. The van der Waals surface area contributed by atoms with Crippen molar-refractivity contribution in [3.05, 3.63) is 34.6 Å². The van der Waals surface area contributed by atoms with Crippen molar-refractivity contribution in [1.29, 1.82) is 0 Å². The Morgan fingerprint density at radius 2 is 1.80 bits per heavy atom. The summed E-state index contributed by atoms with van der Waals surface area (Å²) in [7, 11) is 0. The van der Waals surface area contributed by atoms with Crippen LogP contribution in [0.4, 0.5) is 0 Å². The lowest BCUT2D eigenvalue weighted by Gasteiger charge is -1.93. The largest absolute Gasteiger partial charge is 0.224 e. The Labute approximate surface area is 69.3 Å². The van der Waals surface area contributed by atoms with Gasteiger partial charge in [0.25, 0.3) is 0 Å². The molecule has 0 aromatic carbocycles. The zero-order chi connectivity index (χ0) is 7.56. The standard InChI is InChI=1S/C7H5Cl2N/c1-2-5-3-6(8)10-7(9)4-5/h2-4H,1H2. The van der Waals surface area contributed by atoms with E-state index < -0.39 is 0 Å². The smallest absolute Gasteiger partial charge is 0.131 e. The molecule has 0 atom stereocenters. The van der Waals surface area contributed by atoms with Crippen LogP contribution in [-0.2, 0) is 0 Å². The van der Waals surface area contributed by atoms with Crippen LogP contribution in [0, 0.1) is 0 Å². The van der Waals surface area contributed by atoms with Crippen LogP contribution >= 0.6 is 23.2 Å². The van der Waals surface area contributed by atoms with Gasteiger partial charge >= 0.3 is 0 Å². The van der Waals surface area contributed by atoms with Crippen LogP contribution in [0.15, 0.2) is 18.7 Å². The zero-order valence-electron chi connectivity index (χ0n) is 5.14. The first-order chi connectivity index (χ1) is 4.72. The summed E-state index contributed by atoms with van der Waals surface area (Å²) in [5.41, 5.74) is 0.880. The van der Waals surface area contributed by atoms with Gasteiger partial charge in [-0.15, -0.1) is 0 Å². The third-order valence-electron chi connectivity index (χ3n) is 1.02. The third kappa shape index (κ3) is 1.72. The highest BCUT2D eigenvalue weighted by Crippen LogP contribution is 2.14. The number of nitrogens with zero attached hydrogens (tertiary/aromatic N) is 1. The summed E-state index contributed by atoms with van der Waals surface area (Å²) in [5.74, 6) is 0. The molecule has 1 nitrogen and oxygen atoms in total. The van der Waals surface area contributed by atoms with Crippen molar-refractivity contribution in [2.45, 2.75) is 0 Å².